The molecule has 1 amide bonds. The molecule has 1 fully saturated rings. The van der Waals surface area contributed by atoms with Crippen LogP contribution in [-0.4, -0.2) is 21.0 Å². The van der Waals surface area contributed by atoms with Crippen LogP contribution in [-0.2, 0) is 10.5 Å². The molecule has 0 atom stereocenters. The number of nitro groups is 1. The number of rotatable bonds is 6. The van der Waals surface area contributed by atoms with E-state index in [0.29, 0.717) is 11.6 Å². The highest BCUT2D eigenvalue weighted by Gasteiger charge is 2.29. The molecule has 8 heteroatoms. The van der Waals surface area contributed by atoms with Crippen LogP contribution in [0, 0.1) is 16.0 Å². The number of nitrogens with zero attached hydrogens (tertiary/aromatic N) is 3. The molecule has 3 rings (SSSR count). The van der Waals surface area contributed by atoms with Gasteiger partial charge in [0.25, 0.3) is 5.69 Å². The van der Waals surface area contributed by atoms with E-state index in [0.717, 1.165) is 23.4 Å². The lowest BCUT2D eigenvalue weighted by Gasteiger charge is -2.04. The number of nitrogens with one attached hydrogen (secondary N) is 1. The van der Waals surface area contributed by atoms with Crippen molar-refractivity contribution < 1.29 is 9.72 Å². The van der Waals surface area contributed by atoms with Crippen LogP contribution in [0.1, 0.15) is 18.4 Å². The van der Waals surface area contributed by atoms with Gasteiger partial charge < -0.3 is 5.32 Å². The molecule has 1 aliphatic carbocycles. The lowest BCUT2D eigenvalue weighted by molar-refractivity contribution is -0.384. The fourth-order valence-corrected chi connectivity index (χ4v) is 2.68. The fourth-order valence-electron chi connectivity index (χ4n) is 1.91. The zero-order chi connectivity index (χ0) is 16.2. The summed E-state index contributed by atoms with van der Waals surface area (Å²) in [4.78, 5) is 21.8. The number of non-ortho nitro benzene ring substituents is 1. The number of nitro benzene ring substituents is 1. The Morgan fingerprint density at radius 3 is 2.52 bits per heavy atom. The van der Waals surface area contributed by atoms with Gasteiger partial charge in [-0.25, -0.2) is 0 Å². The molecule has 0 unspecified atom stereocenters. The fraction of sp³-hybridized carbons (Fsp3) is 0.267. The predicted octanol–water partition coefficient (Wildman–Crippen LogP) is 3.03. The first-order valence-electron chi connectivity index (χ1n) is 7.12. The van der Waals surface area contributed by atoms with Crippen molar-refractivity contribution in [2.45, 2.75) is 23.6 Å². The number of hydrogen-bond donors (Lipinski definition) is 1. The molecular formula is C15H14N4O3S. The van der Waals surface area contributed by atoms with Gasteiger partial charge in [-0.05, 0) is 30.5 Å². The van der Waals surface area contributed by atoms with E-state index in [1.807, 2.05) is 0 Å². The van der Waals surface area contributed by atoms with Crippen LogP contribution < -0.4 is 5.32 Å². The zero-order valence-electron chi connectivity index (χ0n) is 12.1. The highest BCUT2D eigenvalue weighted by atomic mass is 32.2. The van der Waals surface area contributed by atoms with Crippen molar-refractivity contribution in [3.63, 3.8) is 0 Å². The first kappa shape index (κ1) is 15.4. The third-order valence-corrected chi connectivity index (χ3v) is 4.36. The summed E-state index contributed by atoms with van der Waals surface area (Å²) in [7, 11) is 0. The van der Waals surface area contributed by atoms with Gasteiger partial charge in [-0.2, -0.15) is 0 Å². The third-order valence-electron chi connectivity index (χ3n) is 3.37. The Balaban J connectivity index is 1.53. The van der Waals surface area contributed by atoms with Crippen LogP contribution in [0.25, 0.3) is 0 Å². The lowest BCUT2D eigenvalue weighted by Crippen LogP contribution is -2.14. The van der Waals surface area contributed by atoms with Gasteiger partial charge in [0, 0.05) is 23.8 Å². The summed E-state index contributed by atoms with van der Waals surface area (Å²) in [5.41, 5.74) is 1.04. The van der Waals surface area contributed by atoms with Gasteiger partial charge in [-0.3, -0.25) is 14.9 Å². The second kappa shape index (κ2) is 6.74. The molecular weight excluding hydrogens is 316 g/mol. The highest BCUT2D eigenvalue weighted by molar-refractivity contribution is 7.98. The van der Waals surface area contributed by atoms with E-state index < -0.39 is 4.92 Å². The van der Waals surface area contributed by atoms with Crippen LogP contribution in [0.15, 0.2) is 41.4 Å². The van der Waals surface area contributed by atoms with Gasteiger partial charge in [0.2, 0.25) is 5.91 Å². The summed E-state index contributed by atoms with van der Waals surface area (Å²) < 4.78 is 0. The number of amides is 1. The molecule has 0 aliphatic heterocycles. The van der Waals surface area contributed by atoms with Crippen molar-refractivity contribution in [3.8, 4) is 0 Å². The average molecular weight is 330 g/mol. The van der Waals surface area contributed by atoms with E-state index in [1.165, 1.54) is 23.9 Å². The van der Waals surface area contributed by atoms with Gasteiger partial charge in [-0.15, -0.1) is 10.2 Å². The molecule has 1 aliphatic rings. The number of carbonyl (C=O) groups is 1. The first-order valence-corrected chi connectivity index (χ1v) is 8.11. The summed E-state index contributed by atoms with van der Waals surface area (Å²) in [5.74, 6) is 1.24. The normalized spacial score (nSPS) is 13.6. The number of thioether (sulfide) groups is 1. The molecule has 1 saturated carbocycles. The third kappa shape index (κ3) is 4.26. The molecule has 1 heterocycles. The Kier molecular flexibility index (Phi) is 4.52. The maximum atomic E-state index is 11.6. The van der Waals surface area contributed by atoms with Crippen molar-refractivity contribution in [3.05, 3.63) is 52.1 Å². The molecule has 23 heavy (non-hydrogen) atoms. The van der Waals surface area contributed by atoms with Crippen molar-refractivity contribution in [2.75, 3.05) is 5.32 Å². The van der Waals surface area contributed by atoms with Crippen LogP contribution in [0.3, 0.4) is 0 Å². The van der Waals surface area contributed by atoms with E-state index in [2.05, 4.69) is 15.5 Å². The Labute approximate surface area is 136 Å². The van der Waals surface area contributed by atoms with Gasteiger partial charge in [0.05, 0.1) is 4.92 Å². The maximum absolute atomic E-state index is 11.6. The molecule has 118 valence electrons. The minimum absolute atomic E-state index is 0.00517. The standard InChI is InChI=1S/C15H14N4O3S/c20-15(11-3-4-11)16-13-7-8-14(18-17-13)23-9-10-1-5-12(6-2-10)19(21)22/h1-2,5-8,11H,3-4,9H2,(H,16,17,20). The number of benzene rings is 1. The smallest absolute Gasteiger partial charge is 0.269 e. The second-order valence-electron chi connectivity index (χ2n) is 5.23. The summed E-state index contributed by atoms with van der Waals surface area (Å²) in [6, 6.07) is 9.94. The van der Waals surface area contributed by atoms with Crippen molar-refractivity contribution in [1.29, 1.82) is 0 Å². The van der Waals surface area contributed by atoms with Crippen LogP contribution in [0.5, 0.6) is 0 Å². The van der Waals surface area contributed by atoms with Crippen LogP contribution >= 0.6 is 11.8 Å². The molecule has 0 bridgehead atoms. The molecule has 2 aromatic rings. The van der Waals surface area contributed by atoms with Gasteiger partial charge in [-0.1, -0.05) is 23.9 Å². The molecule has 0 saturated heterocycles. The van der Waals surface area contributed by atoms with E-state index in [-0.39, 0.29) is 17.5 Å². The van der Waals surface area contributed by atoms with Crippen LogP contribution in [0.2, 0.25) is 0 Å². The van der Waals surface area contributed by atoms with Crippen molar-refractivity contribution in [1.82, 2.24) is 10.2 Å². The molecule has 0 radical (unpaired) electrons. The molecule has 1 N–H and O–H groups in total. The van der Waals surface area contributed by atoms with E-state index in [4.69, 9.17) is 0 Å². The quantitative estimate of drug-likeness (QED) is 0.496. The van der Waals surface area contributed by atoms with Gasteiger partial charge in [0.1, 0.15) is 5.03 Å². The monoisotopic (exact) mass is 330 g/mol. The highest BCUT2D eigenvalue weighted by Crippen LogP contribution is 2.30. The average Bonchev–Trinajstić information content (AvgIpc) is 3.39. The summed E-state index contributed by atoms with van der Waals surface area (Å²) in [6.07, 6.45) is 1.89. The Morgan fingerprint density at radius 1 is 1.22 bits per heavy atom. The zero-order valence-corrected chi connectivity index (χ0v) is 13.0. The second-order valence-corrected chi connectivity index (χ2v) is 6.23. The number of carbonyl (C=O) groups excluding carboxylic acids is 1. The van der Waals surface area contributed by atoms with E-state index in [1.54, 1.807) is 24.3 Å². The summed E-state index contributed by atoms with van der Waals surface area (Å²) in [5, 5.41) is 22.1. The summed E-state index contributed by atoms with van der Waals surface area (Å²) >= 11 is 1.48. The van der Waals surface area contributed by atoms with Crippen molar-refractivity contribution >= 4 is 29.2 Å². The molecule has 0 spiro atoms. The molecule has 1 aromatic heterocycles. The molecule has 7 nitrogen and oxygen atoms in total. The minimum atomic E-state index is -0.420. The van der Waals surface area contributed by atoms with Crippen LogP contribution in [0.4, 0.5) is 11.5 Å². The summed E-state index contributed by atoms with van der Waals surface area (Å²) in [6.45, 7) is 0. The number of hydrogen-bond acceptors (Lipinski definition) is 6. The predicted molar refractivity (Wildman–Crippen MR) is 86.0 cm³/mol. The Morgan fingerprint density at radius 2 is 1.96 bits per heavy atom. The first-order chi connectivity index (χ1) is 11.1. The minimum Gasteiger partial charge on any atom is -0.309 e. The van der Waals surface area contributed by atoms with Crippen molar-refractivity contribution in [2.24, 2.45) is 5.92 Å². The largest absolute Gasteiger partial charge is 0.309 e. The van der Waals surface area contributed by atoms with Gasteiger partial charge >= 0.3 is 0 Å². The van der Waals surface area contributed by atoms with E-state index >= 15 is 0 Å². The molecule has 1 aromatic carbocycles. The maximum Gasteiger partial charge on any atom is 0.269 e. The Hall–Kier alpha value is -2.48. The van der Waals surface area contributed by atoms with Gasteiger partial charge in [0.15, 0.2) is 5.82 Å². The Bertz CT molecular complexity index is 715. The topological polar surface area (TPSA) is 98.0 Å². The lowest BCUT2D eigenvalue weighted by atomic mass is 10.2. The van der Waals surface area contributed by atoms with E-state index in [9.17, 15) is 14.9 Å². The SMILES string of the molecule is O=C(Nc1ccc(SCc2ccc([N+](=O)[O-])cc2)nn1)C1CC1. The number of anilines is 1. The number of aromatic nitrogens is 2.